The molecule has 0 aromatic heterocycles. The van der Waals surface area contributed by atoms with Gasteiger partial charge in [0, 0.05) is 30.5 Å². The lowest BCUT2D eigenvalue weighted by molar-refractivity contribution is -0.121. The third kappa shape index (κ3) is 5.55. The van der Waals surface area contributed by atoms with E-state index in [0.717, 1.165) is 36.4 Å². The second-order valence-corrected chi connectivity index (χ2v) is 7.66. The quantitative estimate of drug-likeness (QED) is 0.714. The fourth-order valence-corrected chi connectivity index (χ4v) is 4.40. The van der Waals surface area contributed by atoms with Crippen molar-refractivity contribution in [3.05, 3.63) is 34.3 Å². The zero-order chi connectivity index (χ0) is 17.6. The number of nitrogens with zero attached hydrogens (tertiary/aromatic N) is 1. The van der Waals surface area contributed by atoms with Crippen LogP contribution in [0.5, 0.6) is 0 Å². The largest absolute Gasteiger partial charge is 0.347 e. The molecule has 142 valence electrons. The maximum atomic E-state index is 11.8. The van der Waals surface area contributed by atoms with Gasteiger partial charge in [-0.3, -0.25) is 4.79 Å². The molecule has 1 N–H and O–H groups in total. The summed E-state index contributed by atoms with van der Waals surface area (Å²) in [6.45, 7) is 7.80. The van der Waals surface area contributed by atoms with Crippen molar-refractivity contribution in [3.8, 4) is 0 Å². The van der Waals surface area contributed by atoms with E-state index in [-0.39, 0.29) is 18.9 Å². The van der Waals surface area contributed by atoms with Gasteiger partial charge in [0.1, 0.15) is 0 Å². The smallest absolute Gasteiger partial charge is 0.217 e. The molecule has 1 heterocycles. The molecule has 1 aromatic carbocycles. The number of piperidine rings is 1. The van der Waals surface area contributed by atoms with E-state index in [1.807, 2.05) is 13.8 Å². The standard InChI is InChI=1S/C18H25BrN2O.C2H6.CH4/c1-14(22)20-18(15-6-8-16(19)9-7-15)10-12-21(13-11-18)17-4-2-3-5-17;1-2;/h6-9,17H,2-5,10-13H2,1H3,(H,20,22);1-2H3;1H4. The van der Waals surface area contributed by atoms with Gasteiger partial charge in [0.15, 0.2) is 0 Å². The molecule has 0 unspecified atom stereocenters. The van der Waals surface area contributed by atoms with Gasteiger partial charge >= 0.3 is 0 Å². The molecule has 4 heteroatoms. The minimum absolute atomic E-state index is 0. The minimum Gasteiger partial charge on any atom is -0.347 e. The number of halogens is 1. The van der Waals surface area contributed by atoms with Gasteiger partial charge < -0.3 is 10.2 Å². The van der Waals surface area contributed by atoms with Crippen LogP contribution in [-0.4, -0.2) is 29.9 Å². The molecule has 3 rings (SSSR count). The summed E-state index contributed by atoms with van der Waals surface area (Å²) in [4.78, 5) is 14.4. The average molecular weight is 411 g/mol. The first-order valence-electron chi connectivity index (χ1n) is 9.38. The Morgan fingerprint density at radius 3 is 2.12 bits per heavy atom. The van der Waals surface area contributed by atoms with Crippen molar-refractivity contribution in [1.29, 1.82) is 0 Å². The van der Waals surface area contributed by atoms with Crippen LogP contribution in [0.1, 0.15) is 72.3 Å². The Hall–Kier alpha value is -0.870. The van der Waals surface area contributed by atoms with Crippen LogP contribution in [0.3, 0.4) is 0 Å². The molecule has 0 bridgehead atoms. The van der Waals surface area contributed by atoms with Gasteiger partial charge in [-0.15, -0.1) is 0 Å². The third-order valence-electron chi connectivity index (χ3n) is 5.30. The fraction of sp³-hybridized carbons (Fsp3) is 0.667. The predicted octanol–water partition coefficient (Wildman–Crippen LogP) is 5.48. The summed E-state index contributed by atoms with van der Waals surface area (Å²) in [6.07, 6.45) is 7.47. The van der Waals surface area contributed by atoms with E-state index in [2.05, 4.69) is 50.4 Å². The van der Waals surface area contributed by atoms with Gasteiger partial charge in [-0.1, -0.05) is 62.2 Å². The first kappa shape index (κ1) is 22.2. The molecule has 25 heavy (non-hydrogen) atoms. The highest BCUT2D eigenvalue weighted by atomic mass is 79.9. The van der Waals surface area contributed by atoms with E-state index in [0.29, 0.717) is 0 Å². The Morgan fingerprint density at radius 2 is 1.64 bits per heavy atom. The molecule has 1 saturated heterocycles. The number of nitrogens with one attached hydrogen (secondary N) is 1. The van der Waals surface area contributed by atoms with Crippen LogP contribution >= 0.6 is 15.9 Å². The van der Waals surface area contributed by atoms with Crippen LogP contribution in [0.15, 0.2) is 28.7 Å². The van der Waals surface area contributed by atoms with E-state index in [9.17, 15) is 4.79 Å². The van der Waals surface area contributed by atoms with Crippen LogP contribution in [0, 0.1) is 0 Å². The molecule has 0 radical (unpaired) electrons. The predicted molar refractivity (Wildman–Crippen MR) is 111 cm³/mol. The van der Waals surface area contributed by atoms with Crippen molar-refractivity contribution in [2.45, 2.75) is 78.3 Å². The molecule has 1 aliphatic heterocycles. The third-order valence-corrected chi connectivity index (χ3v) is 5.83. The molecule has 3 nitrogen and oxygen atoms in total. The molecular weight excluding hydrogens is 376 g/mol. The minimum atomic E-state index is -0.193. The van der Waals surface area contributed by atoms with Crippen molar-refractivity contribution >= 4 is 21.8 Å². The van der Waals surface area contributed by atoms with Crippen LogP contribution < -0.4 is 5.32 Å². The van der Waals surface area contributed by atoms with Crippen molar-refractivity contribution in [2.75, 3.05) is 13.1 Å². The number of amides is 1. The second-order valence-electron chi connectivity index (χ2n) is 6.74. The Kier molecular flexibility index (Phi) is 9.15. The molecule has 2 fully saturated rings. The highest BCUT2D eigenvalue weighted by molar-refractivity contribution is 9.10. The Balaban J connectivity index is 0.00000101. The molecule has 1 amide bonds. The summed E-state index contributed by atoms with van der Waals surface area (Å²) < 4.78 is 1.08. The lowest BCUT2D eigenvalue weighted by Crippen LogP contribution is -2.54. The summed E-state index contributed by atoms with van der Waals surface area (Å²) in [5, 5.41) is 3.26. The normalized spacial score (nSPS) is 20.2. The van der Waals surface area contributed by atoms with Crippen molar-refractivity contribution in [3.63, 3.8) is 0 Å². The molecular formula is C21H35BrN2O. The zero-order valence-corrected chi connectivity index (χ0v) is 16.9. The van der Waals surface area contributed by atoms with E-state index < -0.39 is 0 Å². The summed E-state index contributed by atoms with van der Waals surface area (Å²) in [6, 6.07) is 9.21. The van der Waals surface area contributed by atoms with Gasteiger partial charge in [0.25, 0.3) is 0 Å². The van der Waals surface area contributed by atoms with Gasteiger partial charge in [-0.05, 0) is 43.4 Å². The van der Waals surface area contributed by atoms with Crippen molar-refractivity contribution < 1.29 is 4.79 Å². The highest BCUT2D eigenvalue weighted by Crippen LogP contribution is 2.36. The van der Waals surface area contributed by atoms with Crippen LogP contribution in [0.25, 0.3) is 0 Å². The van der Waals surface area contributed by atoms with Gasteiger partial charge in [-0.2, -0.15) is 0 Å². The van der Waals surface area contributed by atoms with Gasteiger partial charge in [0.2, 0.25) is 5.91 Å². The maximum Gasteiger partial charge on any atom is 0.217 e. The SMILES string of the molecule is C.CC.CC(=O)NC1(c2ccc(Br)cc2)CCN(C2CCCC2)CC1. The number of carbonyl (C=O) groups excluding carboxylic acids is 1. The monoisotopic (exact) mass is 410 g/mol. The first-order valence-corrected chi connectivity index (χ1v) is 10.2. The average Bonchev–Trinajstić information content (AvgIpc) is 3.12. The zero-order valence-electron chi connectivity index (χ0n) is 15.3. The molecule has 0 spiro atoms. The number of hydrogen-bond acceptors (Lipinski definition) is 2. The van der Waals surface area contributed by atoms with E-state index >= 15 is 0 Å². The summed E-state index contributed by atoms with van der Waals surface area (Å²) in [5.41, 5.74) is 1.04. The summed E-state index contributed by atoms with van der Waals surface area (Å²) in [7, 11) is 0. The first-order chi connectivity index (χ1) is 11.6. The van der Waals surface area contributed by atoms with Gasteiger partial charge in [0.05, 0.1) is 5.54 Å². The second kappa shape index (κ2) is 10.3. The van der Waals surface area contributed by atoms with Crippen molar-refractivity contribution in [1.82, 2.24) is 10.2 Å². The topological polar surface area (TPSA) is 32.3 Å². The molecule has 1 aromatic rings. The fourth-order valence-electron chi connectivity index (χ4n) is 4.13. The number of rotatable bonds is 3. The Morgan fingerprint density at radius 1 is 1.12 bits per heavy atom. The Bertz CT molecular complexity index is 515. The van der Waals surface area contributed by atoms with Crippen LogP contribution in [0.2, 0.25) is 0 Å². The van der Waals surface area contributed by atoms with Crippen molar-refractivity contribution in [2.24, 2.45) is 0 Å². The molecule has 1 saturated carbocycles. The van der Waals surface area contributed by atoms with E-state index in [1.54, 1.807) is 6.92 Å². The number of hydrogen-bond donors (Lipinski definition) is 1. The van der Waals surface area contributed by atoms with Gasteiger partial charge in [-0.25, -0.2) is 0 Å². The lowest BCUT2D eigenvalue weighted by atomic mass is 9.80. The van der Waals surface area contributed by atoms with E-state index in [4.69, 9.17) is 0 Å². The summed E-state index contributed by atoms with van der Waals surface area (Å²) >= 11 is 3.50. The van der Waals surface area contributed by atoms with Crippen LogP contribution in [-0.2, 0) is 10.3 Å². The van der Waals surface area contributed by atoms with E-state index in [1.165, 1.54) is 31.2 Å². The number of benzene rings is 1. The van der Waals surface area contributed by atoms with Crippen LogP contribution in [0.4, 0.5) is 0 Å². The highest BCUT2D eigenvalue weighted by Gasteiger charge is 2.38. The summed E-state index contributed by atoms with van der Waals surface area (Å²) in [5.74, 6) is 0.0669. The Labute approximate surface area is 162 Å². The number of likely N-dealkylation sites (tertiary alicyclic amines) is 1. The molecule has 2 aliphatic rings. The lowest BCUT2D eigenvalue weighted by Gasteiger charge is -2.44. The molecule has 0 atom stereocenters. The number of carbonyl (C=O) groups is 1. The molecule has 1 aliphatic carbocycles. The maximum absolute atomic E-state index is 11.8.